The molecule has 4 rings (SSSR count). The Morgan fingerprint density at radius 3 is 2.46 bits per heavy atom. The number of carbonyl (C=O) groups is 3. The van der Waals surface area contributed by atoms with Gasteiger partial charge in [0, 0.05) is 18.8 Å². The maximum absolute atomic E-state index is 13.0. The van der Waals surface area contributed by atoms with Crippen molar-refractivity contribution in [3.8, 4) is 0 Å². The zero-order valence-corrected chi connectivity index (χ0v) is 20.5. The first-order chi connectivity index (χ1) is 16.7. The number of hydrogen-bond acceptors (Lipinski definition) is 5. The SMILES string of the molecule is C[C@@]1(CCc2ccccc2)NC(=O)N(CC(=O)Nc2cccc(S(=O)(=O)N3CCCCC3)c2)C1=O. The summed E-state index contributed by atoms with van der Waals surface area (Å²) in [5.74, 6) is -1.05. The molecule has 35 heavy (non-hydrogen) atoms. The summed E-state index contributed by atoms with van der Waals surface area (Å²) in [6, 6.07) is 15.0. The number of rotatable bonds is 8. The molecule has 2 heterocycles. The van der Waals surface area contributed by atoms with E-state index < -0.39 is 40.0 Å². The van der Waals surface area contributed by atoms with E-state index in [9.17, 15) is 22.8 Å². The van der Waals surface area contributed by atoms with Crippen LogP contribution in [0.25, 0.3) is 0 Å². The van der Waals surface area contributed by atoms with Gasteiger partial charge in [0.15, 0.2) is 0 Å². The van der Waals surface area contributed by atoms with Crippen LogP contribution in [0.5, 0.6) is 0 Å². The summed E-state index contributed by atoms with van der Waals surface area (Å²) in [7, 11) is -3.65. The molecule has 0 saturated carbocycles. The fourth-order valence-electron chi connectivity index (χ4n) is 4.43. The minimum absolute atomic E-state index is 0.0979. The summed E-state index contributed by atoms with van der Waals surface area (Å²) in [4.78, 5) is 39.1. The normalized spacial score (nSPS) is 21.1. The topological polar surface area (TPSA) is 116 Å². The molecule has 10 heteroatoms. The van der Waals surface area contributed by atoms with E-state index in [4.69, 9.17) is 0 Å². The van der Waals surface area contributed by atoms with E-state index in [1.807, 2.05) is 30.3 Å². The Bertz CT molecular complexity index is 1210. The van der Waals surface area contributed by atoms with Crippen LogP contribution in [0.4, 0.5) is 10.5 Å². The number of nitrogens with one attached hydrogen (secondary N) is 2. The minimum atomic E-state index is -3.65. The van der Waals surface area contributed by atoms with Crippen LogP contribution in [0.3, 0.4) is 0 Å². The first-order valence-electron chi connectivity index (χ1n) is 11.8. The lowest BCUT2D eigenvalue weighted by Crippen LogP contribution is -2.45. The van der Waals surface area contributed by atoms with Crippen molar-refractivity contribution in [1.82, 2.24) is 14.5 Å². The molecule has 0 bridgehead atoms. The number of aryl methyl sites for hydroxylation is 1. The van der Waals surface area contributed by atoms with Crippen molar-refractivity contribution >= 4 is 33.6 Å². The minimum Gasteiger partial charge on any atom is -0.324 e. The van der Waals surface area contributed by atoms with Gasteiger partial charge in [-0.3, -0.25) is 14.5 Å². The highest BCUT2D eigenvalue weighted by Crippen LogP contribution is 2.25. The Morgan fingerprint density at radius 1 is 1.03 bits per heavy atom. The summed E-state index contributed by atoms with van der Waals surface area (Å²) in [6.45, 7) is 2.15. The van der Waals surface area contributed by atoms with Gasteiger partial charge in [0.2, 0.25) is 15.9 Å². The molecule has 4 amide bonds. The second kappa shape index (κ2) is 10.2. The van der Waals surface area contributed by atoms with Crippen LogP contribution < -0.4 is 10.6 Å². The van der Waals surface area contributed by atoms with Crippen molar-refractivity contribution in [2.75, 3.05) is 25.0 Å². The maximum Gasteiger partial charge on any atom is 0.325 e. The fourth-order valence-corrected chi connectivity index (χ4v) is 6.00. The molecule has 0 aromatic heterocycles. The molecule has 186 valence electrons. The molecule has 1 atom stereocenters. The lowest BCUT2D eigenvalue weighted by Gasteiger charge is -2.26. The van der Waals surface area contributed by atoms with E-state index in [0.29, 0.717) is 25.9 Å². The first-order valence-corrected chi connectivity index (χ1v) is 13.2. The zero-order chi connectivity index (χ0) is 25.1. The Hall–Kier alpha value is -3.24. The Labute approximate surface area is 205 Å². The smallest absolute Gasteiger partial charge is 0.324 e. The molecule has 2 aromatic rings. The van der Waals surface area contributed by atoms with Crippen LogP contribution in [-0.4, -0.2) is 60.6 Å². The molecule has 0 spiro atoms. The van der Waals surface area contributed by atoms with Gasteiger partial charge in [-0.05, 0) is 56.4 Å². The van der Waals surface area contributed by atoms with Gasteiger partial charge in [0.1, 0.15) is 12.1 Å². The quantitative estimate of drug-likeness (QED) is 0.543. The summed E-state index contributed by atoms with van der Waals surface area (Å²) < 4.78 is 27.3. The Morgan fingerprint density at radius 2 is 1.74 bits per heavy atom. The van der Waals surface area contributed by atoms with Crippen LogP contribution in [-0.2, 0) is 26.0 Å². The second-order valence-electron chi connectivity index (χ2n) is 9.18. The van der Waals surface area contributed by atoms with Crippen LogP contribution in [0, 0.1) is 0 Å². The molecular weight excluding hydrogens is 468 g/mol. The molecule has 2 aromatic carbocycles. The van der Waals surface area contributed by atoms with Crippen LogP contribution in [0.2, 0.25) is 0 Å². The third-order valence-corrected chi connectivity index (χ3v) is 8.37. The van der Waals surface area contributed by atoms with Crippen molar-refractivity contribution in [1.29, 1.82) is 0 Å². The monoisotopic (exact) mass is 498 g/mol. The molecule has 0 aliphatic carbocycles. The standard InChI is InChI=1S/C25H30N4O5S/c1-25(14-13-19-9-4-2-5-10-19)23(31)29(24(32)27-25)18-22(30)26-20-11-8-12-21(17-20)35(33,34)28-15-6-3-7-16-28/h2,4-5,8-12,17H,3,6-7,13-16,18H2,1H3,(H,26,30)(H,27,32)/t25-/m0/s1. The molecule has 2 aliphatic heterocycles. The lowest BCUT2D eigenvalue weighted by molar-refractivity contribution is -0.133. The molecule has 2 saturated heterocycles. The Kier molecular flexibility index (Phi) is 7.23. The molecular formula is C25H30N4O5S. The molecule has 9 nitrogen and oxygen atoms in total. The van der Waals surface area contributed by atoms with Crippen molar-refractivity contribution < 1.29 is 22.8 Å². The van der Waals surface area contributed by atoms with Crippen LogP contribution in [0.15, 0.2) is 59.5 Å². The zero-order valence-electron chi connectivity index (χ0n) is 19.7. The maximum atomic E-state index is 13.0. The average molecular weight is 499 g/mol. The number of urea groups is 1. The third-order valence-electron chi connectivity index (χ3n) is 6.47. The number of carbonyl (C=O) groups excluding carboxylic acids is 3. The molecule has 0 unspecified atom stereocenters. The van der Waals surface area contributed by atoms with E-state index >= 15 is 0 Å². The van der Waals surface area contributed by atoms with Gasteiger partial charge in [-0.25, -0.2) is 13.2 Å². The molecule has 2 fully saturated rings. The second-order valence-corrected chi connectivity index (χ2v) is 11.1. The first kappa shape index (κ1) is 24.9. The number of sulfonamides is 1. The van der Waals surface area contributed by atoms with E-state index in [-0.39, 0.29) is 10.6 Å². The number of nitrogens with zero attached hydrogens (tertiary/aromatic N) is 2. The lowest BCUT2D eigenvalue weighted by atomic mass is 9.93. The van der Waals surface area contributed by atoms with E-state index in [0.717, 1.165) is 29.7 Å². The number of benzene rings is 2. The molecule has 2 aliphatic rings. The van der Waals surface area contributed by atoms with Gasteiger partial charge in [-0.2, -0.15) is 4.31 Å². The van der Waals surface area contributed by atoms with E-state index in [1.165, 1.54) is 16.4 Å². The van der Waals surface area contributed by atoms with Crippen LogP contribution in [0.1, 0.15) is 38.2 Å². The number of hydrogen-bond donors (Lipinski definition) is 2. The highest BCUT2D eigenvalue weighted by Gasteiger charge is 2.47. The van der Waals surface area contributed by atoms with Gasteiger partial charge in [0.05, 0.1) is 4.90 Å². The highest BCUT2D eigenvalue weighted by atomic mass is 32.2. The predicted molar refractivity (Wildman–Crippen MR) is 131 cm³/mol. The van der Waals surface area contributed by atoms with Gasteiger partial charge in [-0.15, -0.1) is 0 Å². The van der Waals surface area contributed by atoms with Crippen LogP contribution >= 0.6 is 0 Å². The number of anilines is 1. The van der Waals surface area contributed by atoms with Crippen molar-refractivity contribution in [2.24, 2.45) is 0 Å². The summed E-state index contributed by atoms with van der Waals surface area (Å²) in [5.41, 5.74) is 0.230. The van der Waals surface area contributed by atoms with Gasteiger partial charge in [-0.1, -0.05) is 42.8 Å². The summed E-state index contributed by atoms with van der Waals surface area (Å²) in [6.07, 6.45) is 3.66. The van der Waals surface area contributed by atoms with Gasteiger partial charge >= 0.3 is 6.03 Å². The average Bonchev–Trinajstić information content (AvgIpc) is 3.07. The number of amides is 4. The fraction of sp³-hybridized carbons (Fsp3) is 0.400. The van der Waals surface area contributed by atoms with Crippen molar-refractivity contribution in [2.45, 2.75) is 49.5 Å². The van der Waals surface area contributed by atoms with E-state index in [1.54, 1.807) is 19.1 Å². The van der Waals surface area contributed by atoms with Crippen molar-refractivity contribution in [3.05, 3.63) is 60.2 Å². The van der Waals surface area contributed by atoms with E-state index in [2.05, 4.69) is 10.6 Å². The predicted octanol–water partition coefficient (Wildman–Crippen LogP) is 2.74. The van der Waals surface area contributed by atoms with Gasteiger partial charge < -0.3 is 10.6 Å². The summed E-state index contributed by atoms with van der Waals surface area (Å²) >= 11 is 0. The Balaban J connectivity index is 1.39. The number of piperidine rings is 1. The van der Waals surface area contributed by atoms with Gasteiger partial charge in [0.25, 0.3) is 5.91 Å². The summed E-state index contributed by atoms with van der Waals surface area (Å²) in [5, 5.41) is 5.32. The highest BCUT2D eigenvalue weighted by molar-refractivity contribution is 7.89. The molecule has 0 radical (unpaired) electrons. The van der Waals surface area contributed by atoms with Crippen molar-refractivity contribution in [3.63, 3.8) is 0 Å². The molecule has 2 N–H and O–H groups in total. The number of imide groups is 1. The third kappa shape index (κ3) is 5.54. The largest absolute Gasteiger partial charge is 0.325 e.